The lowest BCUT2D eigenvalue weighted by Gasteiger charge is -2.28. The Labute approximate surface area is 108 Å². The highest BCUT2D eigenvalue weighted by Crippen LogP contribution is 2.26. The molecule has 0 aliphatic heterocycles. The van der Waals surface area contributed by atoms with E-state index in [4.69, 9.17) is 10.5 Å². The largest absolute Gasteiger partial charge is 0.381 e. The Morgan fingerprint density at radius 1 is 1.11 bits per heavy atom. The van der Waals surface area contributed by atoms with E-state index in [1.165, 1.54) is 6.42 Å². The lowest BCUT2D eigenvalue weighted by molar-refractivity contribution is 0.389. The van der Waals surface area contributed by atoms with Gasteiger partial charge < -0.3 is 5.32 Å². The molecule has 92 valence electrons. The third-order valence-electron chi connectivity index (χ3n) is 3.52. The zero-order valence-electron chi connectivity index (χ0n) is 10.4. The van der Waals surface area contributed by atoms with Gasteiger partial charge in [0.25, 0.3) is 0 Å². The van der Waals surface area contributed by atoms with Crippen LogP contribution in [0, 0.1) is 28.6 Å². The number of benzene rings is 1. The van der Waals surface area contributed by atoms with Crippen LogP contribution in [0.2, 0.25) is 0 Å². The third-order valence-corrected chi connectivity index (χ3v) is 3.52. The molecule has 1 saturated carbocycles. The minimum Gasteiger partial charge on any atom is -0.381 e. The Morgan fingerprint density at radius 3 is 2.50 bits per heavy atom. The van der Waals surface area contributed by atoms with Crippen LogP contribution in [-0.2, 0) is 6.42 Å². The van der Waals surface area contributed by atoms with Gasteiger partial charge in [-0.3, -0.25) is 0 Å². The molecule has 18 heavy (non-hydrogen) atoms. The van der Waals surface area contributed by atoms with Crippen molar-refractivity contribution in [2.24, 2.45) is 5.92 Å². The second-order valence-electron chi connectivity index (χ2n) is 4.80. The Bertz CT molecular complexity index is 464. The Kier molecular flexibility index (Phi) is 4.20. The smallest absolute Gasteiger partial charge is 0.0677 e. The van der Waals surface area contributed by atoms with Gasteiger partial charge in [-0.15, -0.1) is 0 Å². The molecule has 0 heterocycles. The van der Waals surface area contributed by atoms with Crippen LogP contribution in [0.15, 0.2) is 24.3 Å². The number of nitrogens with one attached hydrogen (secondary N) is 1. The van der Waals surface area contributed by atoms with E-state index in [2.05, 4.69) is 17.5 Å². The molecule has 2 unspecified atom stereocenters. The fourth-order valence-electron chi connectivity index (χ4n) is 2.48. The predicted octanol–water partition coefficient (Wildman–Crippen LogP) is 3.25. The summed E-state index contributed by atoms with van der Waals surface area (Å²) in [5, 5.41) is 21.2. The van der Waals surface area contributed by atoms with E-state index < -0.39 is 0 Å². The lowest BCUT2D eigenvalue weighted by Crippen LogP contribution is -2.31. The average Bonchev–Trinajstić information content (AvgIpc) is 2.42. The number of hydrogen-bond donors (Lipinski definition) is 1. The van der Waals surface area contributed by atoms with Crippen molar-refractivity contribution in [1.29, 1.82) is 10.5 Å². The molecule has 1 aromatic carbocycles. The predicted molar refractivity (Wildman–Crippen MR) is 70.7 cm³/mol. The first-order valence-corrected chi connectivity index (χ1v) is 6.45. The van der Waals surface area contributed by atoms with Crippen LogP contribution in [0.3, 0.4) is 0 Å². The van der Waals surface area contributed by atoms with Gasteiger partial charge in [-0.05, 0) is 30.5 Å². The second kappa shape index (κ2) is 6.07. The van der Waals surface area contributed by atoms with Gasteiger partial charge in [-0.1, -0.05) is 25.0 Å². The van der Waals surface area contributed by atoms with Gasteiger partial charge >= 0.3 is 0 Å². The maximum atomic E-state index is 9.13. The van der Waals surface area contributed by atoms with Crippen LogP contribution >= 0.6 is 0 Å². The molecule has 3 heteroatoms. The van der Waals surface area contributed by atoms with E-state index in [0.717, 1.165) is 30.5 Å². The maximum absolute atomic E-state index is 9.13. The minimum absolute atomic E-state index is 0.123. The Hall–Kier alpha value is -2.00. The summed E-state index contributed by atoms with van der Waals surface area (Å²) in [6, 6.07) is 12.7. The zero-order chi connectivity index (χ0) is 12.8. The maximum Gasteiger partial charge on any atom is 0.0677 e. The molecule has 0 amide bonds. The summed E-state index contributed by atoms with van der Waals surface area (Å²) in [7, 11) is 0. The first-order valence-electron chi connectivity index (χ1n) is 6.45. The molecule has 0 aromatic heterocycles. The lowest BCUT2D eigenvalue weighted by atomic mass is 9.85. The van der Waals surface area contributed by atoms with Crippen molar-refractivity contribution in [1.82, 2.24) is 0 Å². The van der Waals surface area contributed by atoms with E-state index in [1.54, 1.807) is 0 Å². The van der Waals surface area contributed by atoms with Gasteiger partial charge in [0.15, 0.2) is 0 Å². The van der Waals surface area contributed by atoms with E-state index in [1.807, 2.05) is 24.3 Å². The van der Waals surface area contributed by atoms with Crippen molar-refractivity contribution in [3.05, 3.63) is 29.8 Å². The SMILES string of the molecule is N#CCc1ccc(NC2CCCCC2C#N)cc1. The number of nitriles is 2. The third kappa shape index (κ3) is 3.02. The molecule has 3 nitrogen and oxygen atoms in total. The van der Waals surface area contributed by atoms with Crippen molar-refractivity contribution < 1.29 is 0 Å². The van der Waals surface area contributed by atoms with Gasteiger partial charge in [-0.25, -0.2) is 0 Å². The summed E-state index contributed by atoms with van der Waals surface area (Å²) in [4.78, 5) is 0. The molecule has 1 aromatic rings. The number of hydrogen-bond acceptors (Lipinski definition) is 3. The van der Waals surface area contributed by atoms with Crippen molar-refractivity contribution in [3.63, 3.8) is 0 Å². The fourth-order valence-corrected chi connectivity index (χ4v) is 2.48. The van der Waals surface area contributed by atoms with Gasteiger partial charge in [0.05, 0.1) is 24.5 Å². The molecule has 0 radical (unpaired) electrons. The molecule has 2 atom stereocenters. The highest BCUT2D eigenvalue weighted by Gasteiger charge is 2.24. The fraction of sp³-hybridized carbons (Fsp3) is 0.467. The number of anilines is 1. The van der Waals surface area contributed by atoms with Crippen LogP contribution in [-0.4, -0.2) is 6.04 Å². The Morgan fingerprint density at radius 2 is 1.83 bits per heavy atom. The van der Waals surface area contributed by atoms with Gasteiger partial charge in [0.1, 0.15) is 0 Å². The monoisotopic (exact) mass is 239 g/mol. The Balaban J connectivity index is 2.00. The normalized spacial score (nSPS) is 22.8. The summed E-state index contributed by atoms with van der Waals surface area (Å²) in [5.41, 5.74) is 2.08. The summed E-state index contributed by atoms with van der Waals surface area (Å²) in [6.07, 6.45) is 4.88. The van der Waals surface area contributed by atoms with Crippen LogP contribution < -0.4 is 5.32 Å². The number of nitrogens with zero attached hydrogens (tertiary/aromatic N) is 2. The minimum atomic E-state index is 0.123. The summed E-state index contributed by atoms with van der Waals surface area (Å²) in [5.74, 6) is 0.123. The van der Waals surface area contributed by atoms with E-state index >= 15 is 0 Å². The van der Waals surface area contributed by atoms with Crippen molar-refractivity contribution in [3.8, 4) is 12.1 Å². The summed E-state index contributed by atoms with van der Waals surface area (Å²) in [6.45, 7) is 0. The van der Waals surface area contributed by atoms with E-state index in [0.29, 0.717) is 6.42 Å². The van der Waals surface area contributed by atoms with Gasteiger partial charge in [0.2, 0.25) is 0 Å². The first-order chi connectivity index (χ1) is 8.83. The van der Waals surface area contributed by atoms with Gasteiger partial charge in [-0.2, -0.15) is 10.5 Å². The molecular weight excluding hydrogens is 222 g/mol. The molecule has 0 spiro atoms. The zero-order valence-corrected chi connectivity index (χ0v) is 10.4. The van der Waals surface area contributed by atoms with Crippen LogP contribution in [0.25, 0.3) is 0 Å². The quantitative estimate of drug-likeness (QED) is 0.880. The van der Waals surface area contributed by atoms with Crippen LogP contribution in [0.1, 0.15) is 31.2 Å². The average molecular weight is 239 g/mol. The number of rotatable bonds is 3. The van der Waals surface area contributed by atoms with E-state index in [-0.39, 0.29) is 12.0 Å². The second-order valence-corrected chi connectivity index (χ2v) is 4.80. The highest BCUT2D eigenvalue weighted by atomic mass is 14.9. The standard InChI is InChI=1S/C15H17N3/c16-10-9-12-5-7-14(8-6-12)18-15-4-2-1-3-13(15)11-17/h5-8,13,15,18H,1-4,9H2. The molecule has 1 fully saturated rings. The van der Waals surface area contributed by atoms with Crippen LogP contribution in [0.4, 0.5) is 5.69 Å². The highest BCUT2D eigenvalue weighted by molar-refractivity contribution is 5.46. The van der Waals surface area contributed by atoms with Crippen LogP contribution in [0.5, 0.6) is 0 Å². The molecule has 0 saturated heterocycles. The summed E-state index contributed by atoms with van der Waals surface area (Å²) < 4.78 is 0. The topological polar surface area (TPSA) is 59.6 Å². The molecule has 0 bridgehead atoms. The van der Waals surface area contributed by atoms with E-state index in [9.17, 15) is 0 Å². The first kappa shape index (κ1) is 12.5. The molecule has 1 aliphatic rings. The molecule has 1 aliphatic carbocycles. The van der Waals surface area contributed by atoms with Crippen molar-refractivity contribution >= 4 is 5.69 Å². The molecular formula is C15H17N3. The van der Waals surface area contributed by atoms with Gasteiger partial charge in [0, 0.05) is 11.7 Å². The summed E-state index contributed by atoms with van der Waals surface area (Å²) >= 11 is 0. The molecule has 1 N–H and O–H groups in total. The molecule has 2 rings (SSSR count). The van der Waals surface area contributed by atoms with Crippen molar-refractivity contribution in [2.45, 2.75) is 38.1 Å². The van der Waals surface area contributed by atoms with Crippen molar-refractivity contribution in [2.75, 3.05) is 5.32 Å².